The van der Waals surface area contributed by atoms with Crippen LogP contribution in [0.5, 0.6) is 0 Å². The van der Waals surface area contributed by atoms with Gasteiger partial charge in [-0.05, 0) is 111 Å². The molecule has 4 aromatic rings. The molecule has 1 fully saturated rings. The van der Waals surface area contributed by atoms with E-state index in [2.05, 4.69) is 38.0 Å². The molecular formula is C40H47ClN6O5S2. The molecule has 0 aliphatic carbocycles. The predicted octanol–water partition coefficient (Wildman–Crippen LogP) is 7.75. The van der Waals surface area contributed by atoms with Crippen LogP contribution in [0.2, 0.25) is 5.02 Å². The van der Waals surface area contributed by atoms with Crippen molar-refractivity contribution in [2.45, 2.75) is 37.8 Å². The van der Waals surface area contributed by atoms with E-state index in [1.54, 1.807) is 36.0 Å². The van der Waals surface area contributed by atoms with Crippen LogP contribution in [0.4, 0.5) is 17.1 Å². The third-order valence-electron chi connectivity index (χ3n) is 9.34. The van der Waals surface area contributed by atoms with Gasteiger partial charge in [-0.1, -0.05) is 54.1 Å². The fraction of sp³-hybridized carbons (Fsp3) is 0.325. The van der Waals surface area contributed by atoms with Crippen molar-refractivity contribution in [1.29, 1.82) is 0 Å². The van der Waals surface area contributed by atoms with Crippen LogP contribution in [0.25, 0.3) is 11.1 Å². The predicted molar refractivity (Wildman–Crippen MR) is 221 cm³/mol. The Morgan fingerprint density at radius 2 is 1.69 bits per heavy atom. The van der Waals surface area contributed by atoms with Crippen molar-refractivity contribution < 1.29 is 18.1 Å². The lowest BCUT2D eigenvalue weighted by Crippen LogP contribution is -2.46. The fourth-order valence-corrected chi connectivity index (χ4v) is 8.14. The Balaban J connectivity index is 1.19. The third kappa shape index (κ3) is 11.1. The van der Waals surface area contributed by atoms with Gasteiger partial charge < -0.3 is 15.1 Å². The third-order valence-corrected chi connectivity index (χ3v) is 12.2. The highest BCUT2D eigenvalue weighted by atomic mass is 35.5. The molecule has 5 rings (SSSR count). The number of nitro groups is 1. The molecule has 286 valence electrons. The first-order valence-electron chi connectivity index (χ1n) is 17.8. The highest BCUT2D eigenvalue weighted by Gasteiger charge is 2.26. The van der Waals surface area contributed by atoms with Gasteiger partial charge in [0.05, 0.1) is 9.82 Å². The molecule has 1 aliphatic rings. The molecule has 0 saturated carbocycles. The van der Waals surface area contributed by atoms with Gasteiger partial charge in [0.15, 0.2) is 0 Å². The number of carbonyl (C=O) groups is 1. The number of rotatable bonds is 16. The average molecular weight is 791 g/mol. The number of piperazine rings is 1. The Hall–Kier alpha value is -4.40. The van der Waals surface area contributed by atoms with Crippen LogP contribution in [0.15, 0.2) is 107 Å². The fourth-order valence-electron chi connectivity index (χ4n) is 6.14. The van der Waals surface area contributed by atoms with Crippen molar-refractivity contribution in [2.24, 2.45) is 0 Å². The Bertz CT molecular complexity index is 2050. The number of amides is 1. The van der Waals surface area contributed by atoms with Gasteiger partial charge in [0.25, 0.3) is 21.6 Å². The molecule has 0 bridgehead atoms. The van der Waals surface area contributed by atoms with Gasteiger partial charge in [0, 0.05) is 66.9 Å². The number of nitro benzene ring substituents is 1. The number of carbonyl (C=O) groups excluding carboxylic acids is 1. The Kier molecular flexibility index (Phi) is 14.2. The van der Waals surface area contributed by atoms with Crippen molar-refractivity contribution in [1.82, 2.24) is 14.5 Å². The van der Waals surface area contributed by atoms with Crippen LogP contribution in [-0.2, 0) is 16.6 Å². The minimum atomic E-state index is -4.41. The second-order valence-corrected chi connectivity index (χ2v) is 16.9. The van der Waals surface area contributed by atoms with Crippen LogP contribution in [0.1, 0.15) is 36.2 Å². The maximum Gasteiger partial charge on any atom is 0.293 e. The van der Waals surface area contributed by atoms with Gasteiger partial charge in [-0.15, -0.1) is 11.8 Å². The number of hydrogen-bond acceptors (Lipinski definition) is 10. The molecule has 1 saturated heterocycles. The van der Waals surface area contributed by atoms with E-state index in [0.29, 0.717) is 10.8 Å². The monoisotopic (exact) mass is 790 g/mol. The van der Waals surface area contributed by atoms with E-state index in [-0.39, 0.29) is 27.9 Å². The maximum absolute atomic E-state index is 13.3. The number of benzene rings is 4. The molecule has 1 heterocycles. The van der Waals surface area contributed by atoms with E-state index in [1.807, 2.05) is 69.3 Å². The quantitative estimate of drug-likeness (QED) is 0.0860. The lowest BCUT2D eigenvalue weighted by atomic mass is 9.99. The molecule has 1 aliphatic heterocycles. The van der Waals surface area contributed by atoms with Gasteiger partial charge in [-0.2, -0.15) is 0 Å². The van der Waals surface area contributed by atoms with E-state index >= 15 is 0 Å². The Labute approximate surface area is 327 Å². The zero-order valence-corrected chi connectivity index (χ0v) is 33.4. The van der Waals surface area contributed by atoms with Crippen molar-refractivity contribution in [3.05, 3.63) is 128 Å². The van der Waals surface area contributed by atoms with E-state index in [9.17, 15) is 23.3 Å². The zero-order chi connectivity index (χ0) is 38.8. The second-order valence-electron chi connectivity index (χ2n) is 13.5. The average Bonchev–Trinajstić information content (AvgIpc) is 3.16. The van der Waals surface area contributed by atoms with Crippen molar-refractivity contribution in [2.75, 3.05) is 62.8 Å². The largest absolute Gasteiger partial charge is 0.376 e. The highest BCUT2D eigenvalue weighted by molar-refractivity contribution is 8.03. The maximum atomic E-state index is 13.3. The number of sulfonamides is 1. The molecule has 54 heavy (non-hydrogen) atoms. The summed E-state index contributed by atoms with van der Waals surface area (Å²) in [6.07, 6.45) is 2.73. The first-order valence-corrected chi connectivity index (χ1v) is 20.6. The second kappa shape index (κ2) is 18.8. The van der Waals surface area contributed by atoms with E-state index in [1.165, 1.54) is 23.3 Å². The summed E-state index contributed by atoms with van der Waals surface area (Å²) in [7, 11) is -0.495. The van der Waals surface area contributed by atoms with Crippen LogP contribution in [-0.4, -0.2) is 87.7 Å². The number of nitrogens with one attached hydrogen (secondary N) is 2. The summed E-state index contributed by atoms with van der Waals surface area (Å²) in [4.78, 5) is 32.0. The first-order chi connectivity index (χ1) is 25.8. The zero-order valence-electron chi connectivity index (χ0n) is 31.0. The van der Waals surface area contributed by atoms with Crippen molar-refractivity contribution in [3.8, 4) is 11.1 Å². The summed E-state index contributed by atoms with van der Waals surface area (Å²) in [5.74, 6) is -0.150. The van der Waals surface area contributed by atoms with Crippen molar-refractivity contribution in [3.63, 3.8) is 0 Å². The minimum absolute atomic E-state index is 0.108. The van der Waals surface area contributed by atoms with Crippen LogP contribution >= 0.6 is 23.4 Å². The number of nitrogens with zero attached hydrogens (tertiary/aromatic N) is 4. The molecule has 0 aromatic heterocycles. The van der Waals surface area contributed by atoms with Crippen LogP contribution < -0.4 is 14.9 Å². The van der Waals surface area contributed by atoms with Gasteiger partial charge in [-0.25, -0.2) is 13.1 Å². The molecule has 14 heteroatoms. The lowest BCUT2D eigenvalue weighted by Gasteiger charge is -2.36. The topological polar surface area (TPSA) is 128 Å². The number of hydrogen-bond donors (Lipinski definition) is 2. The standard InChI is InChI=1S/C40H47ClN6O5S2/c1-5-29(2)53-28-34(20-21-44(3)4)42-38-19-18-36(26-39(38)47(49)50)54(51,52)43-40(48)31-12-16-35(17-13-31)46-24-22-45(23-25-46)27-32-8-6-7-9-37(32)30-10-14-33(41)15-11-30/h5-19,26,34,42H,20-25,27-28H2,1-4H3,(H,43,48)/b29-5+. The van der Waals surface area contributed by atoms with E-state index in [0.717, 1.165) is 67.9 Å². The summed E-state index contributed by atoms with van der Waals surface area (Å²) in [5.41, 5.74) is 4.47. The normalized spacial score (nSPS) is 14.6. The molecule has 0 radical (unpaired) electrons. The SMILES string of the molecule is C/C=C(\C)SCC(CCN(C)C)Nc1ccc(S(=O)(=O)NC(=O)c2ccc(N3CCN(Cc4ccccc4-c4ccc(Cl)cc4)CC3)cc2)cc1[N+](=O)[O-]. The summed E-state index contributed by atoms with van der Waals surface area (Å²) in [5, 5.41) is 16.1. The minimum Gasteiger partial charge on any atom is -0.376 e. The highest BCUT2D eigenvalue weighted by Crippen LogP contribution is 2.31. The first kappa shape index (κ1) is 40.8. The molecule has 0 spiro atoms. The van der Waals surface area contributed by atoms with E-state index in [4.69, 9.17) is 11.6 Å². The molecule has 1 unspecified atom stereocenters. The molecule has 11 nitrogen and oxygen atoms in total. The number of allylic oxidation sites excluding steroid dienone is 2. The van der Waals surface area contributed by atoms with Gasteiger partial charge >= 0.3 is 0 Å². The molecule has 1 amide bonds. The van der Waals surface area contributed by atoms with Crippen LogP contribution in [0.3, 0.4) is 0 Å². The molecule has 2 N–H and O–H groups in total. The number of halogens is 1. The number of thioether (sulfide) groups is 1. The summed E-state index contributed by atoms with van der Waals surface area (Å²) < 4.78 is 28.7. The smallest absolute Gasteiger partial charge is 0.293 e. The van der Waals surface area contributed by atoms with Gasteiger partial charge in [0.1, 0.15) is 5.69 Å². The Morgan fingerprint density at radius 1 is 1.00 bits per heavy atom. The van der Waals surface area contributed by atoms with Crippen LogP contribution in [0, 0.1) is 10.1 Å². The Morgan fingerprint density at radius 3 is 2.33 bits per heavy atom. The molecule has 1 atom stereocenters. The van der Waals surface area contributed by atoms with Crippen molar-refractivity contribution >= 4 is 56.4 Å². The summed E-state index contributed by atoms with van der Waals surface area (Å²) in [6, 6.07) is 26.6. The van der Waals surface area contributed by atoms with E-state index < -0.39 is 20.9 Å². The molecular weight excluding hydrogens is 744 g/mol. The summed E-state index contributed by atoms with van der Waals surface area (Å²) in [6.45, 7) is 8.82. The molecule has 4 aromatic carbocycles. The van der Waals surface area contributed by atoms with Gasteiger partial charge in [0.2, 0.25) is 0 Å². The lowest BCUT2D eigenvalue weighted by molar-refractivity contribution is -0.384. The summed E-state index contributed by atoms with van der Waals surface area (Å²) >= 11 is 7.76. The van der Waals surface area contributed by atoms with Gasteiger partial charge in [-0.3, -0.25) is 19.8 Å². The number of anilines is 2.